The van der Waals surface area contributed by atoms with Gasteiger partial charge in [-0.25, -0.2) is 0 Å². The van der Waals surface area contributed by atoms with Crippen molar-refractivity contribution in [3.8, 4) is 17.6 Å². The second-order valence-corrected chi connectivity index (χ2v) is 31.6. The number of guanidine groups is 1. The van der Waals surface area contributed by atoms with Crippen LogP contribution in [-0.2, 0) is 19.1 Å². The molecule has 2 bridgehead atoms. The van der Waals surface area contributed by atoms with Gasteiger partial charge in [0.05, 0.1) is 54.3 Å². The van der Waals surface area contributed by atoms with E-state index < -0.39 is 135 Å². The highest BCUT2D eigenvalue weighted by molar-refractivity contribution is 8.76. The SMILES string of the molecule is CCCCCC12C(=O)C3=C4C(CCC5(CCN=C(N)N)C6C(CC#CC(C7COC(=O)C7c7cc[nH]c7)CC7C8CC(C)CCC8=CCC7C(C(O)O)CC(O)C6(C)O)CC45O)C1(C)CC(O)C(O)C2CSSCC(c1ccc(O)cc1)CC(=O)C(CO)N3. The summed E-state index contributed by atoms with van der Waals surface area (Å²) in [5.41, 5.74) is 7.16. The lowest BCUT2D eigenvalue weighted by atomic mass is 9.37. The van der Waals surface area contributed by atoms with E-state index in [-0.39, 0.29) is 111 Å². The van der Waals surface area contributed by atoms with Gasteiger partial charge in [0.2, 0.25) is 0 Å². The van der Waals surface area contributed by atoms with Crippen molar-refractivity contribution in [2.24, 2.45) is 97.8 Å². The highest BCUT2D eigenvalue weighted by atomic mass is 33.1. The van der Waals surface area contributed by atoms with E-state index in [1.54, 1.807) is 37.4 Å². The summed E-state index contributed by atoms with van der Waals surface area (Å²) in [6.07, 6.45) is 6.20. The maximum Gasteiger partial charge on any atom is 0.313 e. The Kier molecular flexibility index (Phi) is 19.4. The Balaban J connectivity index is 1.13. The Morgan fingerprint density at radius 3 is 2.40 bits per heavy atom. The number of carbonyl (C=O) groups is 3. The van der Waals surface area contributed by atoms with Gasteiger partial charge in [-0.2, -0.15) is 0 Å². The topological polar surface area (TPSA) is 335 Å². The number of aliphatic imine (C=N–C) groups is 1. The van der Waals surface area contributed by atoms with Crippen LogP contribution < -0.4 is 16.8 Å². The summed E-state index contributed by atoms with van der Waals surface area (Å²) in [5, 5.41) is 116. The minimum Gasteiger partial charge on any atom is -0.508 e. The maximum absolute atomic E-state index is 17.1. The molecule has 1 aromatic heterocycles. The van der Waals surface area contributed by atoms with Crippen molar-refractivity contribution >= 4 is 45.1 Å². The van der Waals surface area contributed by atoms with E-state index in [0.717, 1.165) is 43.2 Å². The number of phenols is 1. The molecule has 7 aliphatic carbocycles. The summed E-state index contributed by atoms with van der Waals surface area (Å²) in [5.74, 6) is 0.503. The Morgan fingerprint density at radius 2 is 1.70 bits per heavy atom. The average molecular weight is 1270 g/mol. The highest BCUT2D eigenvalue weighted by Gasteiger charge is 2.77. The first-order valence-corrected chi connectivity index (χ1v) is 35.5. The van der Waals surface area contributed by atoms with Gasteiger partial charge in [-0.15, -0.1) is 5.92 Å². The number of allylic oxidation sites excluding steroid dienone is 3. The standard InChI is InChI=1S/C69H97N5O13S2/c1-5-6-7-21-68-51-36-89-88-35-43(38-13-16-44(76)17-14-38)28-53(77)52(33-75)74-58(61(68)81)57-50(65(68,3)31-54(78)59(51)80)19-22-67(23-25-73-64(70)71)60-41(30-69(57,67)86)10-8-9-40(49-34-87-63(84)56(49)42-20-24-72-32-42)27-47-45(18-15-39-12-11-37(2)26-46(39)47)48(62(82)83)29-55(79)66(60,4)85/h13-17,20,24,32,37,40-41,43,45-52,54-56,59-60,62,72,74-76,78-80,82-83,85-86H,5-7,10-12,18-19,21-23,25-31,33-36H2,1-4H3,(H4,70,71,73). The Bertz CT molecular complexity index is 3070. The minimum atomic E-state index is -2.12. The van der Waals surface area contributed by atoms with E-state index >= 15 is 14.7 Å². The van der Waals surface area contributed by atoms with E-state index in [4.69, 9.17) is 16.2 Å². The number of nitrogens with two attached hydrogens (primary N) is 2. The number of hydrogen-bond acceptors (Lipinski definition) is 17. The van der Waals surface area contributed by atoms with E-state index in [0.29, 0.717) is 37.4 Å². The quantitative estimate of drug-likeness (QED) is 0.0158. The number of nitrogens with zero attached hydrogens (tertiary/aromatic N) is 1. The number of aliphatic hydroxyl groups is 8. The third-order valence-corrected chi connectivity index (χ3v) is 27.0. The number of esters is 1. The van der Waals surface area contributed by atoms with Crippen molar-refractivity contribution in [3.05, 3.63) is 76.8 Å². The molecule has 0 radical (unpaired) electrons. The zero-order valence-electron chi connectivity index (χ0n) is 52.1. The van der Waals surface area contributed by atoms with Gasteiger partial charge in [0.15, 0.2) is 23.8 Å². The summed E-state index contributed by atoms with van der Waals surface area (Å²) in [4.78, 5) is 53.8. The number of rotatable bonds is 12. The lowest BCUT2D eigenvalue weighted by molar-refractivity contribution is -0.215. The molecule has 20 heteroatoms. The first-order valence-electron chi connectivity index (χ1n) is 33.1. The molecule has 2 aromatic rings. The zero-order chi connectivity index (χ0) is 63.5. The second-order valence-electron chi connectivity index (χ2n) is 29.0. The molecule has 11 rings (SSSR count). The molecule has 0 spiro atoms. The monoisotopic (exact) mass is 1270 g/mol. The summed E-state index contributed by atoms with van der Waals surface area (Å²) < 4.78 is 5.95. The normalized spacial score (nSPS) is 42.6. The van der Waals surface area contributed by atoms with Gasteiger partial charge in [-0.05, 0) is 160 Å². The van der Waals surface area contributed by atoms with E-state index in [9.17, 15) is 45.6 Å². The predicted molar refractivity (Wildman–Crippen MR) is 341 cm³/mol. The fourth-order valence-corrected chi connectivity index (χ4v) is 23.1. The van der Waals surface area contributed by atoms with Gasteiger partial charge in [0.25, 0.3) is 0 Å². The molecule has 2 saturated heterocycles. The lowest BCUT2D eigenvalue weighted by Crippen LogP contribution is -2.71. The Hall–Kier alpha value is -4.40. The summed E-state index contributed by atoms with van der Waals surface area (Å²) in [7, 11) is 2.99. The summed E-state index contributed by atoms with van der Waals surface area (Å²) in [6.45, 7) is 7.26. The number of aromatic hydroxyl groups is 1. The summed E-state index contributed by atoms with van der Waals surface area (Å²) in [6, 6.07) is 7.17. The van der Waals surface area contributed by atoms with Gasteiger partial charge in [-0.3, -0.25) is 19.4 Å². The van der Waals surface area contributed by atoms with Crippen LogP contribution in [0.25, 0.3) is 0 Å². The molecule has 6 fully saturated rings. The number of carbonyl (C=O) groups excluding carboxylic acids is 3. The van der Waals surface area contributed by atoms with Crippen molar-refractivity contribution < 1.29 is 65.1 Å². The Labute approximate surface area is 531 Å². The number of ether oxygens (including phenoxy) is 1. The fourth-order valence-electron chi connectivity index (χ4n) is 20.3. The molecule has 488 valence electrons. The molecule has 2 aliphatic heterocycles. The van der Waals surface area contributed by atoms with Crippen molar-refractivity contribution in [3.63, 3.8) is 0 Å². The molecule has 3 heterocycles. The second kappa shape index (κ2) is 26.2. The van der Waals surface area contributed by atoms with Crippen LogP contribution in [0.5, 0.6) is 5.75 Å². The highest BCUT2D eigenvalue weighted by Crippen LogP contribution is 2.75. The number of Topliss-reactive ketones (excluding diaryl/α,β-unsaturated/α-hetero) is 2. The van der Waals surface area contributed by atoms with Crippen LogP contribution in [0.15, 0.2) is 70.6 Å². The third kappa shape index (κ3) is 11.5. The molecular formula is C69H97N5O13S2. The molecule has 1 aromatic carbocycles. The molecule has 4 saturated carbocycles. The number of cyclic esters (lactones) is 1. The van der Waals surface area contributed by atoms with E-state index in [1.807, 2.05) is 19.2 Å². The molecule has 9 aliphatic rings. The molecule has 0 amide bonds. The van der Waals surface area contributed by atoms with Gasteiger partial charge >= 0.3 is 5.97 Å². The Morgan fingerprint density at radius 1 is 0.933 bits per heavy atom. The van der Waals surface area contributed by atoms with Crippen molar-refractivity contribution in [2.75, 3.05) is 31.3 Å². The van der Waals surface area contributed by atoms with Crippen LogP contribution in [-0.4, -0.2) is 148 Å². The van der Waals surface area contributed by atoms with Crippen LogP contribution in [0.2, 0.25) is 0 Å². The predicted octanol–water partition coefficient (Wildman–Crippen LogP) is 6.49. The van der Waals surface area contributed by atoms with Gasteiger partial charge in [0.1, 0.15) is 11.8 Å². The number of H-pyrrole nitrogens is 1. The largest absolute Gasteiger partial charge is 0.508 e. The van der Waals surface area contributed by atoms with E-state index in [2.05, 4.69) is 47.1 Å². The van der Waals surface area contributed by atoms with Gasteiger partial charge < -0.3 is 72.5 Å². The lowest BCUT2D eigenvalue weighted by Gasteiger charge is -2.68. The van der Waals surface area contributed by atoms with Gasteiger partial charge in [-0.1, -0.05) is 91.3 Å². The smallest absolute Gasteiger partial charge is 0.313 e. The maximum atomic E-state index is 17.1. The van der Waals surface area contributed by atoms with Crippen LogP contribution in [0, 0.1) is 93.2 Å². The third-order valence-electron chi connectivity index (χ3n) is 24.5. The number of fused-ring (bicyclic) bond motifs is 10. The summed E-state index contributed by atoms with van der Waals surface area (Å²) >= 11 is 0. The number of nitrogens with one attached hydrogen (secondary N) is 2. The first kappa shape index (κ1) is 66.1. The van der Waals surface area contributed by atoms with Crippen LogP contribution in [0.4, 0.5) is 0 Å². The van der Waals surface area contributed by atoms with Crippen molar-refractivity contribution in [1.82, 2.24) is 10.3 Å². The number of aromatic nitrogens is 1. The number of aliphatic hydroxyl groups excluding tert-OH is 5. The van der Waals surface area contributed by atoms with Gasteiger partial charge in [0, 0.05) is 89.6 Å². The van der Waals surface area contributed by atoms with Crippen LogP contribution >= 0.6 is 21.6 Å². The van der Waals surface area contributed by atoms with E-state index in [1.165, 1.54) is 27.2 Å². The number of unbranched alkanes of at least 4 members (excludes halogenated alkanes) is 2. The average Bonchev–Trinajstić information content (AvgIpc) is 1.62. The minimum absolute atomic E-state index is 0.000918. The fraction of sp³-hybridized carbons (Fsp3) is 0.710. The number of ketones is 2. The zero-order valence-corrected chi connectivity index (χ0v) is 53.8. The number of hydrogen-bond donors (Lipinski definition) is 13. The molecule has 22 atom stereocenters. The molecule has 89 heavy (non-hydrogen) atoms. The molecule has 15 N–H and O–H groups in total. The number of aromatic amines is 1. The van der Waals surface area contributed by atoms with Crippen molar-refractivity contribution in [1.29, 1.82) is 0 Å². The van der Waals surface area contributed by atoms with Crippen molar-refractivity contribution in [2.45, 2.75) is 191 Å². The first-order chi connectivity index (χ1) is 42.5. The van der Waals surface area contributed by atoms with Crippen LogP contribution in [0.1, 0.15) is 160 Å². The number of benzene rings is 1. The molecular weight excluding hydrogens is 1170 g/mol. The number of phenolic OH excluding ortho intramolecular Hbond substituents is 1. The molecule has 22 unspecified atom stereocenters. The van der Waals surface area contributed by atoms with Crippen LogP contribution in [0.3, 0.4) is 0 Å². The molecule has 18 nitrogen and oxygen atoms in total.